The van der Waals surface area contributed by atoms with Gasteiger partial charge in [-0.25, -0.2) is 9.59 Å². The number of methoxy groups -OCH3 is 2. The summed E-state index contributed by atoms with van der Waals surface area (Å²) in [6.45, 7) is 2.82. The van der Waals surface area contributed by atoms with Gasteiger partial charge >= 0.3 is 18.0 Å². The first-order valence-electron chi connectivity index (χ1n) is 7.86. The molecule has 0 fully saturated rings. The van der Waals surface area contributed by atoms with Gasteiger partial charge in [0.1, 0.15) is 0 Å². The number of aliphatic carboxylic acids is 1. The summed E-state index contributed by atoms with van der Waals surface area (Å²) in [5.74, 6) is -1.22. The molecule has 1 aromatic carbocycles. The van der Waals surface area contributed by atoms with Crippen molar-refractivity contribution >= 4 is 18.0 Å². The van der Waals surface area contributed by atoms with Crippen LogP contribution in [-0.4, -0.2) is 56.1 Å². The summed E-state index contributed by atoms with van der Waals surface area (Å²) in [5, 5.41) is 11.8. The van der Waals surface area contributed by atoms with Crippen LogP contribution in [0, 0.1) is 0 Å². The highest BCUT2D eigenvalue weighted by molar-refractivity contribution is 5.79. The number of carboxylic acid groups (broad SMARTS) is 1. The number of nitrogens with one attached hydrogen (secondary N) is 1. The molecule has 0 saturated heterocycles. The van der Waals surface area contributed by atoms with Crippen molar-refractivity contribution in [2.75, 3.05) is 20.8 Å². The molecule has 0 aromatic heterocycles. The predicted octanol–water partition coefficient (Wildman–Crippen LogP) is 1.38. The third-order valence-corrected chi connectivity index (χ3v) is 3.38. The molecule has 9 nitrogen and oxygen atoms in total. The number of hydrogen-bond acceptors (Lipinski definition) is 7. The van der Waals surface area contributed by atoms with E-state index in [1.807, 2.05) is 0 Å². The average Bonchev–Trinajstić information content (AvgIpc) is 2.58. The number of hydrogen-bond donors (Lipinski definition) is 2. The topological polar surface area (TPSA) is 120 Å². The molecule has 0 aliphatic rings. The standard InChI is InChI=1S/C17H23NO8/c1-5-25-17(22)18-12(15(16(20)21)26-10(2)19)8-11-6-7-13(23-3)14(9-11)24-4/h6-7,9,12,15H,5,8H2,1-4H3,(H,18,22)(H,20,21). The summed E-state index contributed by atoms with van der Waals surface area (Å²) in [7, 11) is 2.96. The Bertz CT molecular complexity index is 646. The molecule has 0 radical (unpaired) electrons. The van der Waals surface area contributed by atoms with Gasteiger partial charge in [0.05, 0.1) is 26.9 Å². The first kappa shape index (κ1) is 21.1. The molecule has 2 atom stereocenters. The fraction of sp³-hybridized carbons (Fsp3) is 0.471. The molecule has 0 saturated carbocycles. The molecule has 26 heavy (non-hydrogen) atoms. The van der Waals surface area contributed by atoms with Gasteiger partial charge in [-0.15, -0.1) is 0 Å². The largest absolute Gasteiger partial charge is 0.493 e. The maximum atomic E-state index is 11.8. The Kier molecular flexibility index (Phi) is 8.20. The van der Waals surface area contributed by atoms with Gasteiger partial charge in [-0.05, 0) is 31.0 Å². The summed E-state index contributed by atoms with van der Waals surface area (Å²) >= 11 is 0. The molecule has 0 heterocycles. The van der Waals surface area contributed by atoms with Gasteiger partial charge in [0.25, 0.3) is 0 Å². The van der Waals surface area contributed by atoms with Crippen LogP contribution in [0.25, 0.3) is 0 Å². The smallest absolute Gasteiger partial charge is 0.407 e. The van der Waals surface area contributed by atoms with E-state index in [1.165, 1.54) is 14.2 Å². The minimum Gasteiger partial charge on any atom is -0.493 e. The zero-order chi connectivity index (χ0) is 19.7. The molecule has 0 aliphatic heterocycles. The molecule has 1 aromatic rings. The Hall–Kier alpha value is -2.97. The van der Waals surface area contributed by atoms with E-state index in [4.69, 9.17) is 18.9 Å². The SMILES string of the molecule is CCOC(=O)NC(Cc1ccc(OC)c(OC)c1)C(OC(C)=O)C(=O)O. The van der Waals surface area contributed by atoms with E-state index in [0.29, 0.717) is 17.1 Å². The minimum atomic E-state index is -1.58. The monoisotopic (exact) mass is 369 g/mol. The Morgan fingerprint density at radius 3 is 2.31 bits per heavy atom. The highest BCUT2D eigenvalue weighted by Gasteiger charge is 2.33. The van der Waals surface area contributed by atoms with Crippen LogP contribution >= 0.6 is 0 Å². The molecule has 2 N–H and O–H groups in total. The van der Waals surface area contributed by atoms with Gasteiger partial charge in [-0.1, -0.05) is 6.07 Å². The van der Waals surface area contributed by atoms with Crippen LogP contribution in [0.15, 0.2) is 18.2 Å². The Morgan fingerprint density at radius 2 is 1.81 bits per heavy atom. The average molecular weight is 369 g/mol. The molecule has 2 unspecified atom stereocenters. The minimum absolute atomic E-state index is 0.0589. The number of carbonyl (C=O) groups is 3. The molecular weight excluding hydrogens is 346 g/mol. The second-order valence-electron chi connectivity index (χ2n) is 5.23. The van der Waals surface area contributed by atoms with Crippen molar-refractivity contribution in [2.45, 2.75) is 32.4 Å². The zero-order valence-corrected chi connectivity index (χ0v) is 15.1. The molecule has 9 heteroatoms. The second kappa shape index (κ2) is 10.1. The lowest BCUT2D eigenvalue weighted by molar-refractivity contribution is -0.164. The lowest BCUT2D eigenvalue weighted by Crippen LogP contribution is -2.50. The third kappa shape index (κ3) is 6.15. The van der Waals surface area contributed by atoms with E-state index in [9.17, 15) is 19.5 Å². The fourth-order valence-electron chi connectivity index (χ4n) is 2.30. The normalized spacial score (nSPS) is 12.5. The van der Waals surface area contributed by atoms with E-state index < -0.39 is 30.2 Å². The molecular formula is C17H23NO8. The maximum Gasteiger partial charge on any atom is 0.407 e. The van der Waals surface area contributed by atoms with E-state index in [0.717, 1.165) is 6.92 Å². The van der Waals surface area contributed by atoms with Gasteiger partial charge in [-0.3, -0.25) is 4.79 Å². The Morgan fingerprint density at radius 1 is 1.15 bits per heavy atom. The number of carboxylic acids is 1. The second-order valence-corrected chi connectivity index (χ2v) is 5.23. The lowest BCUT2D eigenvalue weighted by Gasteiger charge is -2.24. The quantitative estimate of drug-likeness (QED) is 0.626. The first-order chi connectivity index (χ1) is 12.3. The Labute approximate surface area is 151 Å². The van der Waals surface area contributed by atoms with Crippen molar-refractivity contribution in [3.63, 3.8) is 0 Å². The Balaban J connectivity index is 3.12. The van der Waals surface area contributed by atoms with Crippen molar-refractivity contribution in [3.05, 3.63) is 23.8 Å². The lowest BCUT2D eigenvalue weighted by atomic mass is 10.0. The first-order valence-corrected chi connectivity index (χ1v) is 7.86. The molecule has 0 bridgehead atoms. The summed E-state index contributed by atoms with van der Waals surface area (Å²) < 4.78 is 20.0. The highest BCUT2D eigenvalue weighted by Crippen LogP contribution is 2.28. The summed E-state index contributed by atoms with van der Waals surface area (Å²) in [6.07, 6.45) is -2.33. The van der Waals surface area contributed by atoms with E-state index in [-0.39, 0.29) is 13.0 Å². The molecule has 0 aliphatic carbocycles. The van der Waals surface area contributed by atoms with Gasteiger partial charge in [-0.2, -0.15) is 0 Å². The van der Waals surface area contributed by atoms with Crippen molar-refractivity contribution < 1.29 is 38.4 Å². The van der Waals surface area contributed by atoms with Crippen LogP contribution in [0.2, 0.25) is 0 Å². The van der Waals surface area contributed by atoms with E-state index in [1.54, 1.807) is 25.1 Å². The van der Waals surface area contributed by atoms with Crippen molar-refractivity contribution in [1.29, 1.82) is 0 Å². The van der Waals surface area contributed by atoms with Crippen LogP contribution in [0.5, 0.6) is 11.5 Å². The molecule has 1 amide bonds. The number of alkyl carbamates (subject to hydrolysis) is 1. The van der Waals surface area contributed by atoms with Gasteiger partial charge in [0.15, 0.2) is 11.5 Å². The van der Waals surface area contributed by atoms with Crippen LogP contribution < -0.4 is 14.8 Å². The van der Waals surface area contributed by atoms with Crippen LogP contribution in [-0.2, 0) is 25.5 Å². The summed E-state index contributed by atoms with van der Waals surface area (Å²) in [5.41, 5.74) is 0.642. The van der Waals surface area contributed by atoms with Crippen LogP contribution in [0.4, 0.5) is 4.79 Å². The van der Waals surface area contributed by atoms with Crippen LogP contribution in [0.3, 0.4) is 0 Å². The maximum absolute atomic E-state index is 11.8. The van der Waals surface area contributed by atoms with Crippen molar-refractivity contribution in [2.24, 2.45) is 0 Å². The number of esters is 1. The molecule has 0 spiro atoms. The summed E-state index contributed by atoms with van der Waals surface area (Å²) in [6, 6.07) is 3.93. The zero-order valence-electron chi connectivity index (χ0n) is 15.1. The van der Waals surface area contributed by atoms with Gasteiger partial charge in [0, 0.05) is 6.92 Å². The number of carbonyl (C=O) groups excluding carboxylic acids is 2. The van der Waals surface area contributed by atoms with Crippen molar-refractivity contribution in [1.82, 2.24) is 5.32 Å². The van der Waals surface area contributed by atoms with Crippen molar-refractivity contribution in [3.8, 4) is 11.5 Å². The highest BCUT2D eigenvalue weighted by atomic mass is 16.6. The summed E-state index contributed by atoms with van der Waals surface area (Å²) in [4.78, 5) is 34.5. The third-order valence-electron chi connectivity index (χ3n) is 3.38. The number of amides is 1. The number of benzene rings is 1. The number of rotatable bonds is 9. The van der Waals surface area contributed by atoms with E-state index in [2.05, 4.69) is 5.32 Å². The van der Waals surface area contributed by atoms with Gasteiger partial charge < -0.3 is 29.4 Å². The molecule has 144 valence electrons. The number of ether oxygens (including phenoxy) is 4. The van der Waals surface area contributed by atoms with Gasteiger partial charge in [0.2, 0.25) is 6.10 Å². The van der Waals surface area contributed by atoms with Crippen LogP contribution in [0.1, 0.15) is 19.4 Å². The predicted molar refractivity (Wildman–Crippen MR) is 90.4 cm³/mol. The molecule has 1 rings (SSSR count). The fourth-order valence-corrected chi connectivity index (χ4v) is 2.30. The van der Waals surface area contributed by atoms with E-state index >= 15 is 0 Å².